The average molecular weight is 446 g/mol. The first-order chi connectivity index (χ1) is 15.8. The van der Waals surface area contributed by atoms with Gasteiger partial charge in [-0.2, -0.15) is 0 Å². The molecule has 33 heavy (non-hydrogen) atoms. The molecule has 3 aromatic carbocycles. The molecule has 170 valence electrons. The highest BCUT2D eigenvalue weighted by Crippen LogP contribution is 2.53. The summed E-state index contributed by atoms with van der Waals surface area (Å²) >= 11 is 0. The fourth-order valence-corrected chi connectivity index (χ4v) is 4.67. The van der Waals surface area contributed by atoms with E-state index < -0.39 is 11.7 Å². The van der Waals surface area contributed by atoms with E-state index in [9.17, 15) is 9.90 Å². The Morgan fingerprint density at radius 3 is 2.45 bits per heavy atom. The van der Waals surface area contributed by atoms with E-state index in [1.165, 1.54) is 11.6 Å². The molecule has 5 heteroatoms. The van der Waals surface area contributed by atoms with Gasteiger partial charge < -0.3 is 14.7 Å². The first-order valence-electron chi connectivity index (χ1n) is 11.1. The number of ether oxygens (including phenoxy) is 1. The van der Waals surface area contributed by atoms with Crippen LogP contribution in [-0.4, -0.2) is 23.9 Å². The highest BCUT2D eigenvalue weighted by Gasteiger charge is 2.47. The van der Waals surface area contributed by atoms with Crippen LogP contribution in [-0.2, 0) is 11.2 Å². The summed E-state index contributed by atoms with van der Waals surface area (Å²) in [5, 5.41) is 9.29. The quantitative estimate of drug-likeness (QED) is 0.451. The molecule has 1 unspecified atom stereocenters. The van der Waals surface area contributed by atoms with Gasteiger partial charge in [0.15, 0.2) is 5.72 Å². The van der Waals surface area contributed by atoms with Crippen LogP contribution in [0, 0.1) is 12.7 Å². The van der Waals surface area contributed by atoms with E-state index in [2.05, 4.69) is 38.1 Å². The van der Waals surface area contributed by atoms with Crippen molar-refractivity contribution in [1.82, 2.24) is 0 Å². The molecule has 0 saturated carbocycles. The molecule has 1 heterocycles. The summed E-state index contributed by atoms with van der Waals surface area (Å²) in [4.78, 5) is 13.3. The number of carboxylic acid groups (broad SMARTS) is 1. The van der Waals surface area contributed by atoms with Gasteiger partial charge in [-0.25, -0.2) is 9.18 Å². The van der Waals surface area contributed by atoms with Gasteiger partial charge in [-0.05, 0) is 79.4 Å². The van der Waals surface area contributed by atoms with Crippen molar-refractivity contribution in [2.75, 3.05) is 12.0 Å². The molecule has 1 atom stereocenters. The number of fused-ring (bicyclic) bond motifs is 1. The number of hydrogen-bond donors (Lipinski definition) is 1. The largest absolute Gasteiger partial charge is 0.478 e. The third-order valence-electron chi connectivity index (χ3n) is 6.42. The minimum atomic E-state index is -0.999. The van der Waals surface area contributed by atoms with Gasteiger partial charge in [0.25, 0.3) is 0 Å². The lowest BCUT2D eigenvalue weighted by Crippen LogP contribution is -2.42. The van der Waals surface area contributed by atoms with Gasteiger partial charge in [0, 0.05) is 23.9 Å². The summed E-state index contributed by atoms with van der Waals surface area (Å²) in [5.74, 6) is -1.31. The molecule has 1 aliphatic rings. The zero-order valence-corrected chi connectivity index (χ0v) is 19.4. The molecule has 1 N–H and O–H groups in total. The van der Waals surface area contributed by atoms with Gasteiger partial charge >= 0.3 is 5.97 Å². The molecule has 0 bridgehead atoms. The lowest BCUT2D eigenvalue weighted by molar-refractivity contribution is 0.0680. The Bertz CT molecular complexity index is 1230. The minimum Gasteiger partial charge on any atom is -0.478 e. The fourth-order valence-electron chi connectivity index (χ4n) is 4.67. The van der Waals surface area contributed by atoms with Crippen LogP contribution in [0.5, 0.6) is 0 Å². The van der Waals surface area contributed by atoms with Gasteiger partial charge in [-0.3, -0.25) is 0 Å². The molecule has 0 fully saturated rings. The van der Waals surface area contributed by atoms with Crippen molar-refractivity contribution in [1.29, 1.82) is 0 Å². The van der Waals surface area contributed by atoms with Crippen molar-refractivity contribution >= 4 is 29.0 Å². The van der Waals surface area contributed by atoms with Crippen LogP contribution in [0.1, 0.15) is 52.9 Å². The molecular weight excluding hydrogens is 417 g/mol. The summed E-state index contributed by atoms with van der Waals surface area (Å²) in [6.07, 6.45) is 3.99. The molecule has 3 aromatic rings. The summed E-state index contributed by atoms with van der Waals surface area (Å²) in [6.45, 7) is 6.13. The highest BCUT2D eigenvalue weighted by atomic mass is 19.1. The third kappa shape index (κ3) is 3.83. The van der Waals surface area contributed by atoms with Gasteiger partial charge in [-0.1, -0.05) is 37.6 Å². The van der Waals surface area contributed by atoms with Crippen molar-refractivity contribution in [3.63, 3.8) is 0 Å². The number of rotatable bonds is 6. The van der Waals surface area contributed by atoms with Crippen molar-refractivity contribution in [2.24, 2.45) is 0 Å². The molecule has 0 amide bonds. The molecule has 0 aliphatic carbocycles. The Morgan fingerprint density at radius 2 is 1.82 bits per heavy atom. The van der Waals surface area contributed by atoms with Crippen LogP contribution in [0.15, 0.2) is 60.7 Å². The maximum Gasteiger partial charge on any atom is 0.335 e. The predicted molar refractivity (Wildman–Crippen MR) is 130 cm³/mol. The van der Waals surface area contributed by atoms with E-state index in [0.29, 0.717) is 11.3 Å². The highest BCUT2D eigenvalue weighted by molar-refractivity contribution is 6.01. The normalized spacial score (nSPS) is 18.6. The number of nitrogens with zero attached hydrogens (tertiary/aromatic N) is 1. The van der Waals surface area contributed by atoms with Crippen molar-refractivity contribution < 1.29 is 19.0 Å². The minimum absolute atomic E-state index is 0.191. The van der Waals surface area contributed by atoms with Crippen molar-refractivity contribution in [2.45, 2.75) is 39.3 Å². The van der Waals surface area contributed by atoms with E-state index in [1.807, 2.05) is 17.9 Å². The van der Waals surface area contributed by atoms with Gasteiger partial charge in [0.1, 0.15) is 5.82 Å². The van der Waals surface area contributed by atoms with E-state index >= 15 is 4.39 Å². The van der Waals surface area contributed by atoms with Crippen LogP contribution < -0.4 is 4.90 Å². The van der Waals surface area contributed by atoms with Crippen LogP contribution >= 0.6 is 0 Å². The standard InChI is InChI=1S/C28H28FNO3/c1-5-8-19-10-6-9-18(2)22(19)17-23-26-24(29)11-7-12-25(26)30(28(23,3)33-4)21-15-13-20(14-16-21)27(31)32/h6-7,9-17H,5,8H2,1-4H3,(H,31,32)/b23-17-. The molecular formula is C28H28FNO3. The number of methoxy groups -OCH3 is 1. The first kappa shape index (κ1) is 22.7. The molecule has 4 rings (SSSR count). The summed E-state index contributed by atoms with van der Waals surface area (Å²) in [5.41, 5.74) is 5.23. The van der Waals surface area contributed by atoms with Crippen molar-refractivity contribution in [3.05, 3.63) is 94.3 Å². The molecule has 0 saturated heterocycles. The smallest absolute Gasteiger partial charge is 0.335 e. The lowest BCUT2D eigenvalue weighted by Gasteiger charge is -2.37. The molecule has 4 nitrogen and oxygen atoms in total. The maximum absolute atomic E-state index is 15.3. The van der Waals surface area contributed by atoms with Crippen LogP contribution in [0.3, 0.4) is 0 Å². The molecule has 0 radical (unpaired) electrons. The number of halogens is 1. The zero-order chi connectivity index (χ0) is 23.8. The van der Waals surface area contributed by atoms with E-state index in [0.717, 1.165) is 35.2 Å². The van der Waals surface area contributed by atoms with Gasteiger partial charge in [0.2, 0.25) is 0 Å². The number of benzene rings is 3. The number of carbonyl (C=O) groups is 1. The number of carboxylic acids is 1. The second-order valence-electron chi connectivity index (χ2n) is 8.46. The Hall–Kier alpha value is -3.44. The second-order valence-corrected chi connectivity index (χ2v) is 8.46. The third-order valence-corrected chi connectivity index (χ3v) is 6.42. The Kier molecular flexibility index (Phi) is 6.09. The lowest BCUT2D eigenvalue weighted by atomic mass is 9.92. The van der Waals surface area contributed by atoms with Gasteiger partial charge in [0.05, 0.1) is 11.3 Å². The SMILES string of the molecule is CCCc1cccc(C)c1/C=C1/c2c(F)cccc2N(c2ccc(C(=O)O)cc2)C1(C)OC. The van der Waals surface area contributed by atoms with Crippen LogP contribution in [0.4, 0.5) is 15.8 Å². The second kappa shape index (κ2) is 8.83. The number of aryl methyl sites for hydroxylation is 2. The van der Waals surface area contributed by atoms with Crippen LogP contribution in [0.25, 0.3) is 11.6 Å². The monoisotopic (exact) mass is 445 g/mol. The van der Waals surface area contributed by atoms with Crippen molar-refractivity contribution in [3.8, 4) is 0 Å². The zero-order valence-electron chi connectivity index (χ0n) is 19.4. The van der Waals surface area contributed by atoms with E-state index in [4.69, 9.17) is 4.74 Å². The van der Waals surface area contributed by atoms with Crippen LogP contribution in [0.2, 0.25) is 0 Å². The summed E-state index contributed by atoms with van der Waals surface area (Å²) < 4.78 is 21.4. The van der Waals surface area contributed by atoms with Gasteiger partial charge in [-0.15, -0.1) is 0 Å². The predicted octanol–water partition coefficient (Wildman–Crippen LogP) is 6.84. The Balaban J connectivity index is 1.97. The van der Waals surface area contributed by atoms with E-state index in [1.54, 1.807) is 37.4 Å². The summed E-state index contributed by atoms with van der Waals surface area (Å²) in [7, 11) is 1.61. The Morgan fingerprint density at radius 1 is 1.12 bits per heavy atom. The average Bonchev–Trinajstić information content (AvgIpc) is 3.05. The molecule has 1 aliphatic heterocycles. The fraction of sp³-hybridized carbons (Fsp3) is 0.250. The number of aromatic carboxylic acids is 1. The molecule has 0 aromatic heterocycles. The maximum atomic E-state index is 15.3. The molecule has 0 spiro atoms. The number of anilines is 2. The van der Waals surface area contributed by atoms with E-state index in [-0.39, 0.29) is 11.4 Å². The topological polar surface area (TPSA) is 49.8 Å². The Labute approximate surface area is 193 Å². The summed E-state index contributed by atoms with van der Waals surface area (Å²) in [6, 6.07) is 17.8. The number of hydrogen-bond acceptors (Lipinski definition) is 3. The first-order valence-corrected chi connectivity index (χ1v) is 11.1.